The predicted octanol–water partition coefficient (Wildman–Crippen LogP) is 2.75. The molecule has 0 fully saturated rings. The van der Waals surface area contributed by atoms with E-state index in [1.165, 1.54) is 4.90 Å². The normalized spacial score (nSPS) is 21.6. The van der Waals surface area contributed by atoms with E-state index in [0.717, 1.165) is 16.7 Å². The van der Waals surface area contributed by atoms with E-state index < -0.39 is 5.54 Å². The summed E-state index contributed by atoms with van der Waals surface area (Å²) >= 11 is 0. The zero-order chi connectivity index (χ0) is 15.7. The summed E-state index contributed by atoms with van der Waals surface area (Å²) in [7, 11) is 1.65. The number of guanidine groups is 1. The van der Waals surface area contributed by atoms with Crippen molar-refractivity contribution in [1.29, 1.82) is 0 Å². The molecule has 2 aromatic carbocycles. The van der Waals surface area contributed by atoms with Crippen LogP contribution < -0.4 is 5.73 Å². The van der Waals surface area contributed by atoms with Crippen LogP contribution >= 0.6 is 0 Å². The van der Waals surface area contributed by atoms with Gasteiger partial charge in [0.15, 0.2) is 5.96 Å². The fraction of sp³-hybridized carbons (Fsp3) is 0.222. The van der Waals surface area contributed by atoms with Gasteiger partial charge in [-0.3, -0.25) is 9.69 Å². The topological polar surface area (TPSA) is 58.7 Å². The van der Waals surface area contributed by atoms with Gasteiger partial charge in [-0.15, -0.1) is 0 Å². The Bertz CT molecular complexity index is 739. The summed E-state index contributed by atoms with van der Waals surface area (Å²) in [5, 5.41) is 0. The Morgan fingerprint density at radius 2 is 1.77 bits per heavy atom. The highest BCUT2D eigenvalue weighted by molar-refractivity contribution is 5.98. The summed E-state index contributed by atoms with van der Waals surface area (Å²) in [5.41, 5.74) is 8.52. The van der Waals surface area contributed by atoms with Gasteiger partial charge in [-0.2, -0.15) is 0 Å². The molecule has 0 bridgehead atoms. The summed E-state index contributed by atoms with van der Waals surface area (Å²) < 4.78 is 0. The second kappa shape index (κ2) is 5.30. The molecule has 1 aliphatic heterocycles. The van der Waals surface area contributed by atoms with Gasteiger partial charge in [0.2, 0.25) is 5.91 Å². The van der Waals surface area contributed by atoms with Gasteiger partial charge in [0.05, 0.1) is 12.0 Å². The Hall–Kier alpha value is -2.62. The van der Waals surface area contributed by atoms with Crippen molar-refractivity contribution in [3.63, 3.8) is 0 Å². The van der Waals surface area contributed by atoms with Crippen molar-refractivity contribution in [2.24, 2.45) is 10.7 Å². The third-order valence-corrected chi connectivity index (χ3v) is 4.17. The van der Waals surface area contributed by atoms with Gasteiger partial charge in [-0.25, -0.2) is 4.99 Å². The smallest absolute Gasteiger partial charge is 0.231 e. The lowest BCUT2D eigenvalue weighted by Crippen LogP contribution is -2.47. The molecule has 3 rings (SSSR count). The number of benzene rings is 2. The molecule has 2 aromatic rings. The molecule has 2 N–H and O–H groups in total. The molecule has 1 amide bonds. The molecular weight excluding hydrogens is 274 g/mol. The summed E-state index contributed by atoms with van der Waals surface area (Å²) in [6.07, 6.45) is 0.322. The molecule has 1 atom stereocenters. The molecule has 1 aliphatic rings. The average molecular weight is 293 g/mol. The summed E-state index contributed by atoms with van der Waals surface area (Å²) in [4.78, 5) is 18.1. The van der Waals surface area contributed by atoms with Gasteiger partial charge in [0, 0.05) is 7.05 Å². The van der Waals surface area contributed by atoms with E-state index in [-0.39, 0.29) is 11.9 Å². The van der Waals surface area contributed by atoms with Gasteiger partial charge in [-0.05, 0) is 29.7 Å². The van der Waals surface area contributed by atoms with Crippen molar-refractivity contribution in [3.8, 4) is 11.1 Å². The fourth-order valence-electron chi connectivity index (χ4n) is 2.74. The van der Waals surface area contributed by atoms with Gasteiger partial charge in [0.1, 0.15) is 0 Å². The number of aliphatic imine (C=N–C) groups is 1. The van der Waals surface area contributed by atoms with E-state index in [1.54, 1.807) is 7.05 Å². The second-order valence-electron chi connectivity index (χ2n) is 5.82. The highest BCUT2D eigenvalue weighted by atomic mass is 16.2. The minimum Gasteiger partial charge on any atom is -0.369 e. The Kier molecular flexibility index (Phi) is 3.45. The van der Waals surface area contributed by atoms with Crippen molar-refractivity contribution in [3.05, 3.63) is 60.2 Å². The number of nitrogens with zero attached hydrogens (tertiary/aromatic N) is 2. The standard InChI is InChI=1S/C18H19N3O/c1-18(12-16(22)21(2)17(19)20-18)15-10-6-9-14(11-15)13-7-4-3-5-8-13/h3-11H,12H2,1-2H3,(H2,19,20)/t18-/m0/s1. The lowest BCUT2D eigenvalue weighted by molar-refractivity contribution is -0.128. The van der Waals surface area contributed by atoms with E-state index >= 15 is 0 Å². The number of amides is 1. The van der Waals surface area contributed by atoms with E-state index in [9.17, 15) is 4.79 Å². The summed E-state index contributed by atoms with van der Waals surface area (Å²) in [5.74, 6) is 0.254. The van der Waals surface area contributed by atoms with Crippen LogP contribution in [0.25, 0.3) is 11.1 Å². The van der Waals surface area contributed by atoms with Crippen LogP contribution in [0.1, 0.15) is 18.9 Å². The Morgan fingerprint density at radius 1 is 1.09 bits per heavy atom. The van der Waals surface area contributed by atoms with Gasteiger partial charge >= 0.3 is 0 Å². The molecule has 1 heterocycles. The number of carbonyl (C=O) groups is 1. The van der Waals surface area contributed by atoms with E-state index in [0.29, 0.717) is 6.42 Å². The Morgan fingerprint density at radius 3 is 2.45 bits per heavy atom. The molecule has 0 aliphatic carbocycles. The van der Waals surface area contributed by atoms with Gasteiger partial charge < -0.3 is 5.73 Å². The molecule has 0 spiro atoms. The molecular formula is C18H19N3O. The quantitative estimate of drug-likeness (QED) is 0.925. The molecule has 0 aromatic heterocycles. The predicted molar refractivity (Wildman–Crippen MR) is 88.2 cm³/mol. The molecule has 0 radical (unpaired) electrons. The first-order valence-electron chi connectivity index (χ1n) is 7.27. The number of nitrogens with two attached hydrogens (primary N) is 1. The molecule has 0 unspecified atom stereocenters. The average Bonchev–Trinajstić information content (AvgIpc) is 2.53. The second-order valence-corrected chi connectivity index (χ2v) is 5.82. The third kappa shape index (κ3) is 2.48. The molecule has 0 saturated carbocycles. The van der Waals surface area contributed by atoms with Gasteiger partial charge in [-0.1, -0.05) is 48.5 Å². The van der Waals surface area contributed by atoms with E-state index in [1.807, 2.05) is 37.3 Å². The maximum atomic E-state index is 12.1. The zero-order valence-corrected chi connectivity index (χ0v) is 12.8. The monoisotopic (exact) mass is 293 g/mol. The molecule has 4 heteroatoms. The van der Waals surface area contributed by atoms with Crippen molar-refractivity contribution in [1.82, 2.24) is 4.90 Å². The zero-order valence-electron chi connectivity index (χ0n) is 12.8. The molecule has 4 nitrogen and oxygen atoms in total. The largest absolute Gasteiger partial charge is 0.369 e. The van der Waals surface area contributed by atoms with E-state index in [4.69, 9.17) is 5.73 Å². The maximum absolute atomic E-state index is 12.1. The van der Waals surface area contributed by atoms with Crippen molar-refractivity contribution in [2.75, 3.05) is 7.05 Å². The molecule has 112 valence electrons. The van der Waals surface area contributed by atoms with Crippen molar-refractivity contribution in [2.45, 2.75) is 18.9 Å². The lowest BCUT2D eigenvalue weighted by atomic mass is 9.86. The SMILES string of the molecule is CN1C(=O)C[C@@](C)(c2cccc(-c3ccccc3)c2)N=C1N. The number of rotatable bonds is 2. The highest BCUT2D eigenvalue weighted by Gasteiger charge is 2.36. The fourth-order valence-corrected chi connectivity index (χ4v) is 2.74. The first kappa shape index (κ1) is 14.3. The van der Waals surface area contributed by atoms with Crippen LogP contribution in [-0.4, -0.2) is 23.8 Å². The molecule has 0 saturated heterocycles. The van der Waals surface area contributed by atoms with Crippen LogP contribution in [0.2, 0.25) is 0 Å². The minimum absolute atomic E-state index is 0.0138. The van der Waals surface area contributed by atoms with Crippen LogP contribution in [-0.2, 0) is 10.3 Å². The Labute approximate surface area is 130 Å². The van der Waals surface area contributed by atoms with Crippen molar-refractivity contribution >= 4 is 11.9 Å². The number of carbonyl (C=O) groups excluding carboxylic acids is 1. The first-order valence-corrected chi connectivity index (χ1v) is 7.27. The van der Waals surface area contributed by atoms with Gasteiger partial charge in [0.25, 0.3) is 0 Å². The van der Waals surface area contributed by atoms with Crippen molar-refractivity contribution < 1.29 is 4.79 Å². The van der Waals surface area contributed by atoms with Crippen LogP contribution in [0.15, 0.2) is 59.6 Å². The number of hydrogen-bond acceptors (Lipinski definition) is 3. The third-order valence-electron chi connectivity index (χ3n) is 4.17. The minimum atomic E-state index is -0.613. The van der Waals surface area contributed by atoms with Crippen LogP contribution in [0.5, 0.6) is 0 Å². The summed E-state index contributed by atoms with van der Waals surface area (Å²) in [6, 6.07) is 18.3. The van der Waals surface area contributed by atoms with Crippen LogP contribution in [0.3, 0.4) is 0 Å². The molecule has 22 heavy (non-hydrogen) atoms. The maximum Gasteiger partial charge on any atom is 0.231 e. The Balaban J connectivity index is 2.04. The van der Waals surface area contributed by atoms with Crippen LogP contribution in [0, 0.1) is 0 Å². The number of hydrogen-bond donors (Lipinski definition) is 1. The summed E-state index contributed by atoms with van der Waals surface area (Å²) in [6.45, 7) is 1.95. The van der Waals surface area contributed by atoms with E-state index in [2.05, 4.69) is 29.3 Å². The lowest BCUT2D eigenvalue weighted by Gasteiger charge is -2.33. The highest BCUT2D eigenvalue weighted by Crippen LogP contribution is 2.34. The van der Waals surface area contributed by atoms with Crippen LogP contribution in [0.4, 0.5) is 0 Å². The first-order chi connectivity index (χ1) is 10.5.